The van der Waals surface area contributed by atoms with Crippen molar-refractivity contribution in [3.05, 3.63) is 64.1 Å². The first-order chi connectivity index (χ1) is 15.0. The van der Waals surface area contributed by atoms with Crippen LogP contribution in [-0.4, -0.2) is 66.0 Å². The minimum atomic E-state index is -0.208. The fourth-order valence-electron chi connectivity index (χ4n) is 3.68. The monoisotopic (exact) mass is 426 g/mol. The van der Waals surface area contributed by atoms with Crippen molar-refractivity contribution >= 4 is 11.8 Å². The van der Waals surface area contributed by atoms with Gasteiger partial charge >= 0.3 is 0 Å². The van der Waals surface area contributed by atoms with E-state index < -0.39 is 0 Å². The molecule has 1 aromatic carbocycles. The number of benzene rings is 1. The number of rotatable bonds is 8. The molecule has 1 aromatic heterocycles. The molecule has 1 N–H and O–H groups in total. The van der Waals surface area contributed by atoms with E-state index in [4.69, 9.17) is 4.74 Å². The molecule has 0 radical (unpaired) electrons. The van der Waals surface area contributed by atoms with E-state index in [0.29, 0.717) is 26.2 Å². The van der Waals surface area contributed by atoms with Gasteiger partial charge in [0.2, 0.25) is 17.2 Å². The molecule has 1 fully saturated rings. The predicted octanol–water partition coefficient (Wildman–Crippen LogP) is 0.880. The average molecular weight is 427 g/mol. The van der Waals surface area contributed by atoms with Crippen LogP contribution in [0, 0.1) is 0 Å². The summed E-state index contributed by atoms with van der Waals surface area (Å²) < 4.78 is 6.94. The first-order valence-electron chi connectivity index (χ1n) is 10.5. The number of hydrogen-bond acceptors (Lipinski definition) is 5. The fraction of sp³-hybridized carbons (Fsp3) is 0.435. The van der Waals surface area contributed by atoms with Gasteiger partial charge in [0, 0.05) is 58.0 Å². The molecule has 8 nitrogen and oxygen atoms in total. The zero-order chi connectivity index (χ0) is 22.2. The number of nitrogens with zero attached hydrogens (tertiary/aromatic N) is 3. The minimum absolute atomic E-state index is 0.0770. The third-order valence-corrected chi connectivity index (χ3v) is 5.50. The van der Waals surface area contributed by atoms with Gasteiger partial charge in [0.25, 0.3) is 0 Å². The maximum atomic E-state index is 12.5. The summed E-state index contributed by atoms with van der Waals surface area (Å²) in [5.74, 6) is 0.166. The molecule has 0 spiro atoms. The molecule has 2 aromatic rings. The Balaban J connectivity index is 1.63. The Kier molecular flexibility index (Phi) is 7.83. The van der Waals surface area contributed by atoms with E-state index in [0.717, 1.165) is 25.2 Å². The largest absolute Gasteiger partial charge is 0.491 e. The fourth-order valence-corrected chi connectivity index (χ4v) is 3.68. The summed E-state index contributed by atoms with van der Waals surface area (Å²) in [6, 6.07) is 11.5. The first kappa shape index (κ1) is 22.6. The van der Waals surface area contributed by atoms with Crippen LogP contribution in [0.25, 0.3) is 0 Å². The molecular weight excluding hydrogens is 396 g/mol. The lowest BCUT2D eigenvalue weighted by Crippen LogP contribution is -2.47. The van der Waals surface area contributed by atoms with Crippen LogP contribution in [0.1, 0.15) is 18.2 Å². The van der Waals surface area contributed by atoms with E-state index in [1.807, 2.05) is 35.2 Å². The molecule has 8 heteroatoms. The van der Waals surface area contributed by atoms with Crippen LogP contribution in [0.15, 0.2) is 47.4 Å². The number of ether oxygens (including phenoxy) is 1. The van der Waals surface area contributed by atoms with Crippen LogP contribution < -0.4 is 15.5 Å². The Bertz CT molecular complexity index is 950. The van der Waals surface area contributed by atoms with Crippen LogP contribution in [0.4, 0.5) is 0 Å². The predicted molar refractivity (Wildman–Crippen MR) is 118 cm³/mol. The van der Waals surface area contributed by atoms with Gasteiger partial charge in [0.1, 0.15) is 6.54 Å². The number of hydrogen-bond donors (Lipinski definition) is 1. The van der Waals surface area contributed by atoms with E-state index in [-0.39, 0.29) is 29.5 Å². The quantitative estimate of drug-likeness (QED) is 0.678. The lowest BCUT2D eigenvalue weighted by atomic mass is 10.1. The molecule has 166 valence electrons. The third-order valence-electron chi connectivity index (χ3n) is 5.50. The van der Waals surface area contributed by atoms with E-state index in [9.17, 15) is 14.4 Å². The Labute approximate surface area is 182 Å². The highest BCUT2D eigenvalue weighted by atomic mass is 16.5. The molecule has 3 rings (SSSR count). The molecule has 2 amide bonds. The van der Waals surface area contributed by atoms with Crippen molar-refractivity contribution in [3.8, 4) is 5.75 Å². The summed E-state index contributed by atoms with van der Waals surface area (Å²) in [6.07, 6.45) is 2.35. The molecule has 1 saturated heterocycles. The molecular formula is C23H30N4O4. The van der Waals surface area contributed by atoms with Crippen LogP contribution in [0.2, 0.25) is 0 Å². The average Bonchev–Trinajstić information content (AvgIpc) is 2.76. The second-order valence-corrected chi connectivity index (χ2v) is 7.69. The maximum Gasteiger partial charge on any atom is 0.239 e. The van der Waals surface area contributed by atoms with Crippen molar-refractivity contribution < 1.29 is 14.3 Å². The summed E-state index contributed by atoms with van der Waals surface area (Å²) in [5, 5.41) is 2.94. The number of methoxy groups -OCH3 is 1. The lowest BCUT2D eigenvalue weighted by molar-refractivity contribution is -0.130. The summed E-state index contributed by atoms with van der Waals surface area (Å²) in [7, 11) is 1.45. The number of piperazine rings is 1. The van der Waals surface area contributed by atoms with Crippen molar-refractivity contribution in [1.29, 1.82) is 0 Å². The van der Waals surface area contributed by atoms with Crippen LogP contribution in [-0.2, 0) is 29.1 Å². The van der Waals surface area contributed by atoms with E-state index in [1.165, 1.54) is 18.7 Å². The number of carbonyl (C=O) groups excluding carboxylic acids is 2. The number of aromatic nitrogens is 1. The zero-order valence-corrected chi connectivity index (χ0v) is 18.2. The number of nitrogens with one attached hydrogen (secondary N) is 1. The van der Waals surface area contributed by atoms with Gasteiger partial charge in [0.15, 0.2) is 5.75 Å². The summed E-state index contributed by atoms with van der Waals surface area (Å²) >= 11 is 0. The third kappa shape index (κ3) is 6.42. The Morgan fingerprint density at radius 3 is 2.45 bits per heavy atom. The minimum Gasteiger partial charge on any atom is -0.491 e. The molecule has 0 saturated carbocycles. The molecule has 0 aliphatic carbocycles. The van der Waals surface area contributed by atoms with Gasteiger partial charge in [-0.3, -0.25) is 19.3 Å². The van der Waals surface area contributed by atoms with Crippen molar-refractivity contribution in [1.82, 2.24) is 19.7 Å². The number of carbonyl (C=O) groups is 2. The molecule has 1 aliphatic rings. The standard InChI is InChI=1S/C23H30N4O4/c1-18(28)26-12-10-25(11-13-26)15-20-14-21(29)22(31-2)16-27(20)17-23(30)24-9-8-19-6-4-3-5-7-19/h3-7,14,16H,8-13,15,17H2,1-2H3,(H,24,30). The van der Waals surface area contributed by atoms with Gasteiger partial charge in [0.05, 0.1) is 13.3 Å². The SMILES string of the molecule is COc1cn(CC(=O)NCCc2ccccc2)c(CN2CCN(C(C)=O)CC2)cc1=O. The summed E-state index contributed by atoms with van der Waals surface area (Å²) in [5.41, 5.74) is 1.71. The summed E-state index contributed by atoms with van der Waals surface area (Å²) in [4.78, 5) is 40.4. The Hall–Kier alpha value is -3.13. The molecule has 0 atom stereocenters. The van der Waals surface area contributed by atoms with Crippen LogP contribution in [0.3, 0.4) is 0 Å². The second-order valence-electron chi connectivity index (χ2n) is 7.69. The number of pyridine rings is 1. The van der Waals surface area contributed by atoms with Gasteiger partial charge in [-0.1, -0.05) is 30.3 Å². The van der Waals surface area contributed by atoms with E-state index >= 15 is 0 Å². The van der Waals surface area contributed by atoms with Crippen molar-refractivity contribution in [2.75, 3.05) is 39.8 Å². The number of amides is 2. The Morgan fingerprint density at radius 1 is 1.10 bits per heavy atom. The van der Waals surface area contributed by atoms with E-state index in [1.54, 1.807) is 17.7 Å². The smallest absolute Gasteiger partial charge is 0.239 e. The molecule has 1 aliphatic heterocycles. The highest BCUT2D eigenvalue weighted by molar-refractivity contribution is 5.75. The zero-order valence-electron chi connectivity index (χ0n) is 18.2. The molecule has 0 bridgehead atoms. The van der Waals surface area contributed by atoms with Crippen LogP contribution >= 0.6 is 0 Å². The van der Waals surface area contributed by atoms with E-state index in [2.05, 4.69) is 10.2 Å². The van der Waals surface area contributed by atoms with Crippen molar-refractivity contribution in [3.63, 3.8) is 0 Å². The van der Waals surface area contributed by atoms with Crippen LogP contribution in [0.5, 0.6) is 5.75 Å². The molecule has 0 unspecified atom stereocenters. The van der Waals surface area contributed by atoms with Gasteiger partial charge in [-0.2, -0.15) is 0 Å². The highest BCUT2D eigenvalue weighted by Gasteiger charge is 2.20. The highest BCUT2D eigenvalue weighted by Crippen LogP contribution is 2.12. The molecule has 31 heavy (non-hydrogen) atoms. The van der Waals surface area contributed by atoms with Gasteiger partial charge in [-0.25, -0.2) is 0 Å². The van der Waals surface area contributed by atoms with Gasteiger partial charge < -0.3 is 19.5 Å². The van der Waals surface area contributed by atoms with Gasteiger partial charge in [-0.15, -0.1) is 0 Å². The topological polar surface area (TPSA) is 83.9 Å². The van der Waals surface area contributed by atoms with Crippen molar-refractivity contribution in [2.45, 2.75) is 26.4 Å². The normalized spacial score (nSPS) is 14.3. The lowest BCUT2D eigenvalue weighted by Gasteiger charge is -2.34. The van der Waals surface area contributed by atoms with Gasteiger partial charge in [-0.05, 0) is 12.0 Å². The maximum absolute atomic E-state index is 12.5. The first-order valence-corrected chi connectivity index (χ1v) is 10.5. The molecule has 2 heterocycles. The Morgan fingerprint density at radius 2 is 1.81 bits per heavy atom. The second kappa shape index (κ2) is 10.8. The summed E-state index contributed by atoms with van der Waals surface area (Å²) in [6.45, 7) is 5.53. The van der Waals surface area contributed by atoms with Crippen molar-refractivity contribution in [2.24, 2.45) is 0 Å².